The van der Waals surface area contributed by atoms with Gasteiger partial charge in [-0.05, 0) is 33.9 Å². The van der Waals surface area contributed by atoms with Crippen molar-refractivity contribution in [2.45, 2.75) is 38.6 Å². The van der Waals surface area contributed by atoms with Gasteiger partial charge in [0.25, 0.3) is 0 Å². The highest BCUT2D eigenvalue weighted by molar-refractivity contribution is 8.00. The molecule has 18 heavy (non-hydrogen) atoms. The van der Waals surface area contributed by atoms with E-state index in [0.717, 1.165) is 37.7 Å². The first kappa shape index (κ1) is 14.0. The molecule has 1 aromatic rings. The van der Waals surface area contributed by atoms with E-state index in [-0.39, 0.29) is 0 Å². The van der Waals surface area contributed by atoms with Crippen LogP contribution in [0, 0.1) is 6.92 Å². The van der Waals surface area contributed by atoms with Crippen molar-refractivity contribution in [3.05, 3.63) is 23.2 Å². The zero-order chi connectivity index (χ0) is 13.2. The average Bonchev–Trinajstić information content (AvgIpc) is 2.58. The molecule has 4 heteroatoms. The minimum atomic E-state index is 0.369. The number of hydrogen-bond donors (Lipinski definition) is 1. The molecule has 1 aliphatic rings. The average molecular weight is 268 g/mol. The lowest BCUT2D eigenvalue weighted by molar-refractivity contribution is 0.231. The van der Waals surface area contributed by atoms with Crippen molar-refractivity contribution in [3.63, 3.8) is 0 Å². The number of furan rings is 1. The number of rotatable bonds is 4. The molecule has 1 saturated heterocycles. The van der Waals surface area contributed by atoms with E-state index >= 15 is 0 Å². The normalized spacial score (nSPS) is 20.2. The second kappa shape index (κ2) is 5.68. The molecule has 0 unspecified atom stereocenters. The molecule has 1 N–H and O–H groups in total. The third kappa shape index (κ3) is 3.53. The van der Waals surface area contributed by atoms with Crippen molar-refractivity contribution in [2.75, 3.05) is 25.9 Å². The molecule has 0 amide bonds. The number of thioether (sulfide) groups is 1. The Kier molecular flexibility index (Phi) is 4.41. The molecule has 2 heterocycles. The van der Waals surface area contributed by atoms with E-state index in [0.29, 0.717) is 4.75 Å². The van der Waals surface area contributed by atoms with E-state index in [9.17, 15) is 0 Å². The van der Waals surface area contributed by atoms with Gasteiger partial charge in [0.1, 0.15) is 11.5 Å². The maximum atomic E-state index is 5.85. The molecule has 1 aromatic heterocycles. The molecule has 0 radical (unpaired) electrons. The van der Waals surface area contributed by atoms with Gasteiger partial charge in [-0.3, -0.25) is 4.90 Å². The predicted octanol–water partition coefficient (Wildman–Crippen LogP) is 2.63. The SMILES string of the molecule is CNCc1cc(CN2CCSC(C)(C)C2)oc1C. The molecule has 0 saturated carbocycles. The summed E-state index contributed by atoms with van der Waals surface area (Å²) in [7, 11) is 1.97. The van der Waals surface area contributed by atoms with Crippen LogP contribution in [-0.2, 0) is 13.1 Å². The molecule has 1 fully saturated rings. The van der Waals surface area contributed by atoms with Crippen molar-refractivity contribution in [3.8, 4) is 0 Å². The van der Waals surface area contributed by atoms with Crippen LogP contribution in [0.1, 0.15) is 30.9 Å². The molecule has 3 nitrogen and oxygen atoms in total. The lowest BCUT2D eigenvalue weighted by atomic mass is 10.2. The van der Waals surface area contributed by atoms with Crippen LogP contribution in [0.5, 0.6) is 0 Å². The summed E-state index contributed by atoms with van der Waals surface area (Å²) in [6.07, 6.45) is 0. The van der Waals surface area contributed by atoms with Gasteiger partial charge in [0.2, 0.25) is 0 Å². The first-order valence-corrected chi connectivity index (χ1v) is 7.58. The summed E-state index contributed by atoms with van der Waals surface area (Å²) in [5.41, 5.74) is 1.28. The fourth-order valence-electron chi connectivity index (χ4n) is 2.50. The Bertz CT molecular complexity index is 400. The summed E-state index contributed by atoms with van der Waals surface area (Å²) in [6, 6.07) is 2.20. The summed E-state index contributed by atoms with van der Waals surface area (Å²) < 4.78 is 6.22. The van der Waals surface area contributed by atoms with Gasteiger partial charge in [-0.15, -0.1) is 0 Å². The fourth-order valence-corrected chi connectivity index (χ4v) is 3.68. The van der Waals surface area contributed by atoms with Crippen molar-refractivity contribution < 1.29 is 4.42 Å². The molecular formula is C14H24N2OS. The second-order valence-electron chi connectivity index (χ2n) is 5.64. The second-order valence-corrected chi connectivity index (χ2v) is 7.45. The first-order chi connectivity index (χ1) is 8.50. The van der Waals surface area contributed by atoms with Gasteiger partial charge in [0.05, 0.1) is 6.54 Å². The minimum Gasteiger partial charge on any atom is -0.465 e. The van der Waals surface area contributed by atoms with Crippen LogP contribution in [0.4, 0.5) is 0 Å². The standard InChI is InChI=1S/C14H24N2OS/c1-11-12(8-15-4)7-13(17-11)9-16-5-6-18-14(2,3)10-16/h7,15H,5-6,8-10H2,1-4H3. The molecular weight excluding hydrogens is 244 g/mol. The Morgan fingerprint density at radius 1 is 1.50 bits per heavy atom. The van der Waals surface area contributed by atoms with Gasteiger partial charge in [-0.1, -0.05) is 0 Å². The monoisotopic (exact) mass is 268 g/mol. The molecule has 1 aliphatic heterocycles. The van der Waals surface area contributed by atoms with E-state index in [1.54, 1.807) is 0 Å². The number of nitrogens with zero attached hydrogens (tertiary/aromatic N) is 1. The summed E-state index contributed by atoms with van der Waals surface area (Å²) >= 11 is 2.07. The van der Waals surface area contributed by atoms with Gasteiger partial charge in [-0.2, -0.15) is 11.8 Å². The smallest absolute Gasteiger partial charge is 0.118 e. The van der Waals surface area contributed by atoms with Crippen LogP contribution in [0.25, 0.3) is 0 Å². The molecule has 102 valence electrons. The van der Waals surface area contributed by atoms with E-state index in [1.165, 1.54) is 11.3 Å². The van der Waals surface area contributed by atoms with E-state index in [4.69, 9.17) is 4.42 Å². The van der Waals surface area contributed by atoms with Crippen LogP contribution in [0.3, 0.4) is 0 Å². The Labute approximate surface area is 114 Å². The van der Waals surface area contributed by atoms with Gasteiger partial charge in [0.15, 0.2) is 0 Å². The van der Waals surface area contributed by atoms with E-state index in [1.807, 2.05) is 14.0 Å². The first-order valence-electron chi connectivity index (χ1n) is 6.59. The fraction of sp³-hybridized carbons (Fsp3) is 0.714. The lowest BCUT2D eigenvalue weighted by Gasteiger charge is -2.37. The minimum absolute atomic E-state index is 0.369. The summed E-state index contributed by atoms with van der Waals surface area (Å²) in [5, 5.41) is 3.18. The van der Waals surface area contributed by atoms with Gasteiger partial charge < -0.3 is 9.73 Å². The maximum absolute atomic E-state index is 5.85. The van der Waals surface area contributed by atoms with Crippen molar-refractivity contribution in [1.29, 1.82) is 0 Å². The third-order valence-corrected chi connectivity index (χ3v) is 4.62. The lowest BCUT2D eigenvalue weighted by Crippen LogP contribution is -2.42. The van der Waals surface area contributed by atoms with Crippen LogP contribution in [0.15, 0.2) is 10.5 Å². The Hall–Kier alpha value is -0.450. The Balaban J connectivity index is 1.98. The number of hydrogen-bond acceptors (Lipinski definition) is 4. The predicted molar refractivity (Wildman–Crippen MR) is 78.0 cm³/mol. The molecule has 0 aliphatic carbocycles. The van der Waals surface area contributed by atoms with Crippen LogP contribution >= 0.6 is 11.8 Å². The third-order valence-electron chi connectivity index (χ3n) is 3.32. The molecule has 0 aromatic carbocycles. The van der Waals surface area contributed by atoms with Crippen LogP contribution < -0.4 is 5.32 Å². The molecule has 0 spiro atoms. The summed E-state index contributed by atoms with van der Waals surface area (Å²) in [5.74, 6) is 3.36. The van der Waals surface area contributed by atoms with E-state index < -0.39 is 0 Å². The maximum Gasteiger partial charge on any atom is 0.118 e. The van der Waals surface area contributed by atoms with Crippen molar-refractivity contribution >= 4 is 11.8 Å². The molecule has 0 atom stereocenters. The highest BCUT2D eigenvalue weighted by Crippen LogP contribution is 2.30. The largest absolute Gasteiger partial charge is 0.465 e. The van der Waals surface area contributed by atoms with Gasteiger partial charge in [0, 0.05) is 35.7 Å². The number of aryl methyl sites for hydroxylation is 1. The highest BCUT2D eigenvalue weighted by Gasteiger charge is 2.27. The Morgan fingerprint density at radius 2 is 2.28 bits per heavy atom. The summed E-state index contributed by atoms with van der Waals surface area (Å²) in [4.78, 5) is 2.50. The Morgan fingerprint density at radius 3 is 2.94 bits per heavy atom. The topological polar surface area (TPSA) is 28.4 Å². The zero-order valence-corrected chi connectivity index (χ0v) is 12.7. The van der Waals surface area contributed by atoms with Gasteiger partial charge in [-0.25, -0.2) is 0 Å². The van der Waals surface area contributed by atoms with Gasteiger partial charge >= 0.3 is 0 Å². The van der Waals surface area contributed by atoms with Crippen molar-refractivity contribution in [1.82, 2.24) is 10.2 Å². The quantitative estimate of drug-likeness (QED) is 0.909. The summed E-state index contributed by atoms with van der Waals surface area (Å²) in [6.45, 7) is 10.8. The molecule has 2 rings (SSSR count). The van der Waals surface area contributed by atoms with Crippen LogP contribution in [0.2, 0.25) is 0 Å². The molecule has 0 bridgehead atoms. The van der Waals surface area contributed by atoms with E-state index in [2.05, 4.69) is 41.9 Å². The highest BCUT2D eigenvalue weighted by atomic mass is 32.2. The number of nitrogens with one attached hydrogen (secondary N) is 1. The van der Waals surface area contributed by atoms with Crippen molar-refractivity contribution in [2.24, 2.45) is 0 Å². The zero-order valence-electron chi connectivity index (χ0n) is 11.9. The van der Waals surface area contributed by atoms with Crippen LogP contribution in [-0.4, -0.2) is 35.5 Å².